The summed E-state index contributed by atoms with van der Waals surface area (Å²) in [6.45, 7) is 0.523. The zero-order valence-corrected chi connectivity index (χ0v) is 19.5. The number of fused-ring (bicyclic) bond motifs is 1. The van der Waals surface area contributed by atoms with Gasteiger partial charge in [-0.3, -0.25) is 4.79 Å². The number of hydrogen-bond acceptors (Lipinski definition) is 6. The first-order chi connectivity index (χ1) is 14.4. The number of thiophene rings is 2. The number of nitrogens with one attached hydrogen (secondary N) is 1. The van der Waals surface area contributed by atoms with E-state index in [1.165, 1.54) is 26.6 Å². The molecule has 30 heavy (non-hydrogen) atoms. The van der Waals surface area contributed by atoms with Crippen LogP contribution in [0.5, 0.6) is 0 Å². The summed E-state index contributed by atoms with van der Waals surface area (Å²) in [6.07, 6.45) is 6.39. The molecule has 1 aliphatic carbocycles. The summed E-state index contributed by atoms with van der Waals surface area (Å²) in [7, 11) is -3.66. The van der Waals surface area contributed by atoms with Gasteiger partial charge in [0.1, 0.15) is 15.3 Å². The molecular formula is C20H22ClN3O3S3. The first-order valence-corrected chi connectivity index (χ1v) is 13.5. The lowest BCUT2D eigenvalue weighted by Crippen LogP contribution is -2.43. The van der Waals surface area contributed by atoms with Crippen LogP contribution in [0.3, 0.4) is 0 Å². The van der Waals surface area contributed by atoms with Crippen molar-refractivity contribution in [2.24, 2.45) is 5.92 Å². The quantitative estimate of drug-likeness (QED) is 0.641. The van der Waals surface area contributed by atoms with Gasteiger partial charge in [-0.05, 0) is 56.2 Å². The maximum Gasteiger partial charge on any atom is 0.252 e. The van der Waals surface area contributed by atoms with E-state index < -0.39 is 15.9 Å². The summed E-state index contributed by atoms with van der Waals surface area (Å²) in [5.74, 6) is -0.663. The molecule has 160 valence electrons. The van der Waals surface area contributed by atoms with Crippen LogP contribution in [0.4, 0.5) is 5.00 Å². The molecule has 2 aliphatic rings. The van der Waals surface area contributed by atoms with E-state index in [0.717, 1.165) is 49.0 Å². The zero-order valence-electron chi connectivity index (χ0n) is 16.3. The van der Waals surface area contributed by atoms with Crippen LogP contribution in [0.2, 0.25) is 4.34 Å². The predicted octanol–water partition coefficient (Wildman–Crippen LogP) is 4.64. The molecule has 0 bridgehead atoms. The van der Waals surface area contributed by atoms with Crippen molar-refractivity contribution in [3.63, 3.8) is 0 Å². The van der Waals surface area contributed by atoms with Gasteiger partial charge in [0.25, 0.3) is 10.0 Å². The van der Waals surface area contributed by atoms with Crippen LogP contribution in [0, 0.1) is 17.2 Å². The Bertz CT molecular complexity index is 1100. The number of carbonyl (C=O) groups is 1. The van der Waals surface area contributed by atoms with Crippen LogP contribution >= 0.6 is 34.3 Å². The molecule has 2 aromatic heterocycles. The lowest BCUT2D eigenvalue weighted by Gasteiger charge is -2.30. The molecule has 1 amide bonds. The van der Waals surface area contributed by atoms with Gasteiger partial charge in [-0.2, -0.15) is 9.57 Å². The summed E-state index contributed by atoms with van der Waals surface area (Å²) >= 11 is 8.43. The molecular weight excluding hydrogens is 462 g/mol. The molecule has 10 heteroatoms. The van der Waals surface area contributed by atoms with E-state index in [9.17, 15) is 18.5 Å². The highest BCUT2D eigenvalue weighted by atomic mass is 35.5. The Morgan fingerprint density at radius 3 is 2.73 bits per heavy atom. The van der Waals surface area contributed by atoms with Crippen LogP contribution in [-0.4, -0.2) is 31.7 Å². The number of carbonyl (C=O) groups excluding carboxylic acids is 1. The van der Waals surface area contributed by atoms with Crippen LogP contribution in [0.15, 0.2) is 16.3 Å². The van der Waals surface area contributed by atoms with Gasteiger partial charge in [0.05, 0.1) is 15.8 Å². The van der Waals surface area contributed by atoms with Crippen molar-refractivity contribution in [3.05, 3.63) is 32.5 Å². The van der Waals surface area contributed by atoms with Gasteiger partial charge in [0, 0.05) is 18.0 Å². The molecule has 1 atom stereocenters. The van der Waals surface area contributed by atoms with Gasteiger partial charge >= 0.3 is 0 Å². The Kier molecular flexibility index (Phi) is 6.51. The number of sulfonamides is 1. The SMILES string of the molecule is N#Cc1c(NC(=O)C2CCCN(S(=O)(=O)c3ccc(Cl)s3)C2)sc2c1CCCCC2. The monoisotopic (exact) mass is 483 g/mol. The number of aryl methyl sites for hydroxylation is 1. The second-order valence-corrected chi connectivity index (χ2v) is 12.6. The minimum atomic E-state index is -3.66. The second-order valence-electron chi connectivity index (χ2n) is 7.63. The molecule has 0 saturated carbocycles. The third-order valence-corrected chi connectivity index (χ3v) is 10.4. The van der Waals surface area contributed by atoms with E-state index >= 15 is 0 Å². The van der Waals surface area contributed by atoms with Crippen LogP contribution in [-0.2, 0) is 27.7 Å². The molecule has 6 nitrogen and oxygen atoms in total. The molecule has 2 aromatic rings. The van der Waals surface area contributed by atoms with E-state index in [0.29, 0.717) is 34.3 Å². The van der Waals surface area contributed by atoms with Crippen molar-refractivity contribution in [2.45, 2.75) is 49.2 Å². The zero-order chi connectivity index (χ0) is 21.3. The molecule has 1 unspecified atom stereocenters. The number of piperidine rings is 1. The minimum Gasteiger partial charge on any atom is -0.316 e. The molecule has 0 spiro atoms. The van der Waals surface area contributed by atoms with Crippen molar-refractivity contribution >= 4 is 55.2 Å². The Morgan fingerprint density at radius 2 is 2.00 bits per heavy atom. The van der Waals surface area contributed by atoms with Crippen molar-refractivity contribution in [1.29, 1.82) is 5.26 Å². The molecule has 0 radical (unpaired) electrons. The number of amides is 1. The van der Waals surface area contributed by atoms with Crippen LogP contribution in [0.1, 0.15) is 48.1 Å². The van der Waals surface area contributed by atoms with Crippen LogP contribution in [0.25, 0.3) is 0 Å². The maximum atomic E-state index is 13.0. The summed E-state index contributed by atoms with van der Waals surface area (Å²) < 4.78 is 27.8. The number of halogens is 1. The van der Waals surface area contributed by atoms with Crippen molar-refractivity contribution < 1.29 is 13.2 Å². The lowest BCUT2D eigenvalue weighted by molar-refractivity contribution is -0.120. The Hall–Kier alpha value is -1.44. The molecule has 4 rings (SSSR count). The fourth-order valence-electron chi connectivity index (χ4n) is 4.10. The number of nitriles is 1. The normalized spacial score (nSPS) is 20.2. The molecule has 1 aliphatic heterocycles. The summed E-state index contributed by atoms with van der Waals surface area (Å²) in [5, 5.41) is 13.2. The first-order valence-electron chi connectivity index (χ1n) is 10.0. The standard InChI is InChI=1S/C20H22ClN3O3S3/c21-17-8-9-18(29-17)30(26,27)24-10-4-5-13(12-24)19(25)23-20-15(11-22)14-6-2-1-3-7-16(14)28-20/h8-9,13H,1-7,10,12H2,(H,23,25). The molecule has 3 heterocycles. The van der Waals surface area contributed by atoms with Crippen molar-refractivity contribution in [3.8, 4) is 6.07 Å². The number of nitrogens with zero attached hydrogens (tertiary/aromatic N) is 2. The lowest BCUT2D eigenvalue weighted by atomic mass is 9.98. The molecule has 1 saturated heterocycles. The van der Waals surface area contributed by atoms with E-state index in [2.05, 4.69) is 11.4 Å². The highest BCUT2D eigenvalue weighted by Crippen LogP contribution is 2.38. The number of hydrogen-bond donors (Lipinski definition) is 1. The third-order valence-electron chi connectivity index (χ3n) is 5.67. The number of rotatable bonds is 4. The molecule has 1 N–H and O–H groups in total. The molecule has 1 fully saturated rings. The third kappa shape index (κ3) is 4.30. The first kappa shape index (κ1) is 21.8. The fraction of sp³-hybridized carbons (Fsp3) is 0.500. The van der Waals surface area contributed by atoms with Crippen molar-refractivity contribution in [2.75, 3.05) is 18.4 Å². The molecule has 0 aromatic carbocycles. The van der Waals surface area contributed by atoms with Gasteiger partial charge in [0.15, 0.2) is 0 Å². The average molecular weight is 484 g/mol. The maximum absolute atomic E-state index is 13.0. The topological polar surface area (TPSA) is 90.3 Å². The summed E-state index contributed by atoms with van der Waals surface area (Å²) in [4.78, 5) is 14.2. The smallest absolute Gasteiger partial charge is 0.252 e. The number of anilines is 1. The Labute approximate surface area is 189 Å². The van der Waals surface area contributed by atoms with E-state index in [4.69, 9.17) is 11.6 Å². The van der Waals surface area contributed by atoms with E-state index in [1.54, 1.807) is 6.07 Å². The van der Waals surface area contributed by atoms with Crippen molar-refractivity contribution in [1.82, 2.24) is 4.31 Å². The predicted molar refractivity (Wildman–Crippen MR) is 120 cm³/mol. The van der Waals surface area contributed by atoms with Gasteiger partial charge in [-0.1, -0.05) is 18.0 Å². The summed E-state index contributed by atoms with van der Waals surface area (Å²) in [6, 6.07) is 5.35. The van der Waals surface area contributed by atoms with Crippen LogP contribution < -0.4 is 5.32 Å². The fourth-order valence-corrected chi connectivity index (χ4v) is 8.50. The Balaban J connectivity index is 1.50. The van der Waals surface area contributed by atoms with E-state index in [-0.39, 0.29) is 16.7 Å². The second kappa shape index (κ2) is 8.97. The van der Waals surface area contributed by atoms with Gasteiger partial charge in [-0.25, -0.2) is 8.42 Å². The average Bonchev–Trinajstić information content (AvgIpc) is 3.24. The van der Waals surface area contributed by atoms with Gasteiger partial charge in [-0.15, -0.1) is 22.7 Å². The van der Waals surface area contributed by atoms with E-state index in [1.807, 2.05) is 0 Å². The Morgan fingerprint density at radius 1 is 1.20 bits per heavy atom. The van der Waals surface area contributed by atoms with Gasteiger partial charge in [0.2, 0.25) is 5.91 Å². The largest absolute Gasteiger partial charge is 0.316 e. The highest BCUT2D eigenvalue weighted by molar-refractivity contribution is 7.91. The highest BCUT2D eigenvalue weighted by Gasteiger charge is 2.34. The van der Waals surface area contributed by atoms with Gasteiger partial charge < -0.3 is 5.32 Å². The minimum absolute atomic E-state index is 0.136. The summed E-state index contributed by atoms with van der Waals surface area (Å²) in [5.41, 5.74) is 1.66.